The summed E-state index contributed by atoms with van der Waals surface area (Å²) in [6.07, 6.45) is 0.830. The van der Waals surface area contributed by atoms with Crippen molar-refractivity contribution in [1.82, 2.24) is 0 Å². The molecule has 0 amide bonds. The average Bonchev–Trinajstić information content (AvgIpc) is 2.78. The summed E-state index contributed by atoms with van der Waals surface area (Å²) < 4.78 is 0. The number of carboxylic acid groups (broad SMARTS) is 6. The normalized spacial score (nSPS) is 11.5. The first kappa shape index (κ1) is 45.1. The van der Waals surface area contributed by atoms with Crippen molar-refractivity contribution in [1.29, 1.82) is 0 Å². The van der Waals surface area contributed by atoms with E-state index in [-0.39, 0.29) is 107 Å². The molecule has 14 heteroatoms. The van der Waals surface area contributed by atoms with Crippen molar-refractivity contribution in [3.05, 3.63) is 33.4 Å². The van der Waals surface area contributed by atoms with Crippen LogP contribution in [0.4, 0.5) is 0 Å². The van der Waals surface area contributed by atoms with E-state index < -0.39 is 35.8 Å². The molecule has 0 aliphatic rings. The van der Waals surface area contributed by atoms with Crippen molar-refractivity contribution >= 4 is 70.5 Å². The Morgan fingerprint density at radius 3 is 0.421 bits per heavy atom. The van der Waals surface area contributed by atoms with Gasteiger partial charge in [-0.15, -0.1) is 0 Å². The minimum absolute atomic E-state index is 0. The summed E-state index contributed by atoms with van der Waals surface area (Å²) in [5.41, 5.74) is -1.10. The zero-order valence-electron chi connectivity index (χ0n) is 22.3. The molecule has 0 aromatic heterocycles. The van der Waals surface area contributed by atoms with Crippen molar-refractivity contribution in [2.24, 2.45) is 0 Å². The Bertz CT molecular complexity index is 740. The summed E-state index contributed by atoms with van der Waals surface area (Å²) in [6, 6.07) is 0. The van der Waals surface area contributed by atoms with Crippen LogP contribution >= 0.6 is 0 Å². The number of carbonyl (C=O) groups is 6. The van der Waals surface area contributed by atoms with Crippen LogP contribution in [0, 0.1) is 0 Å². The summed E-state index contributed by atoms with van der Waals surface area (Å²) >= 11 is 0. The summed E-state index contributed by atoms with van der Waals surface area (Å²) in [6.45, 7) is 9.36. The molecule has 0 saturated carbocycles. The Morgan fingerprint density at radius 2 is 0.395 bits per heavy atom. The van der Waals surface area contributed by atoms with Gasteiger partial charge < -0.3 is 59.4 Å². The number of hydrogen-bond acceptors (Lipinski definition) is 12. The van der Waals surface area contributed by atoms with Gasteiger partial charge in [0.15, 0.2) is 0 Å². The topological polar surface area (TPSA) is 241 Å². The minimum Gasteiger partial charge on any atom is -0.545 e. The molecule has 0 rings (SSSR count). The molecule has 0 unspecified atom stereocenters. The maximum atomic E-state index is 10.4. The molecule has 0 bridgehead atoms. The third-order valence-corrected chi connectivity index (χ3v) is 4.69. The van der Waals surface area contributed by atoms with Crippen molar-refractivity contribution in [3.8, 4) is 0 Å². The van der Waals surface area contributed by atoms with Gasteiger partial charge in [0, 0.05) is 0 Å². The molecule has 12 nitrogen and oxygen atoms in total. The number of rotatable bonds is 12. The van der Waals surface area contributed by atoms with Crippen LogP contribution in [-0.2, 0) is 28.8 Å². The SMILES string of the molecule is CC/C(C(=O)[O-])=C(\CC)C(=O)[O-].CC/C(C(=O)[O-])=C(\CC)C(=O)[O-].CC/C(C(=O)[O-])=C(\CC)C(=O)[O-].[Al+3].[Al+3]. The second-order valence-electron chi connectivity index (χ2n) is 6.72. The Morgan fingerprint density at radius 1 is 0.316 bits per heavy atom. The molecule has 0 saturated heterocycles. The Balaban J connectivity index is -0.000000140. The first-order valence-electron chi connectivity index (χ1n) is 11.1. The fraction of sp³-hybridized carbons (Fsp3) is 0.500. The zero-order valence-corrected chi connectivity index (χ0v) is 24.6. The van der Waals surface area contributed by atoms with E-state index in [2.05, 4.69) is 0 Å². The van der Waals surface area contributed by atoms with Crippen molar-refractivity contribution in [2.45, 2.75) is 80.1 Å². The largest absolute Gasteiger partial charge is 3.00 e. The zero-order chi connectivity index (χ0) is 29.2. The van der Waals surface area contributed by atoms with Crippen LogP contribution in [0.3, 0.4) is 0 Å². The monoisotopic (exact) mass is 564 g/mol. The van der Waals surface area contributed by atoms with Gasteiger partial charge in [-0.1, -0.05) is 41.5 Å². The molecule has 204 valence electrons. The first-order valence-corrected chi connectivity index (χ1v) is 11.1. The van der Waals surface area contributed by atoms with Gasteiger partial charge in [0.1, 0.15) is 0 Å². The molecule has 0 aromatic carbocycles. The smallest absolute Gasteiger partial charge is 0.545 e. The summed E-state index contributed by atoms with van der Waals surface area (Å²) in [4.78, 5) is 62.3. The molecule has 0 N–H and O–H groups in total. The summed E-state index contributed by atoms with van der Waals surface area (Å²) in [5, 5.41) is 62.3. The molecular weight excluding hydrogens is 534 g/mol. The van der Waals surface area contributed by atoms with Crippen molar-refractivity contribution in [3.63, 3.8) is 0 Å². The molecular formula is C24H30Al2O12. The standard InChI is InChI=1S/3C8H12O4.2Al/c3*1-3-5(7(9)10)6(4-2)8(11)12;;/h3*3-4H2,1-2H3,(H,9,10)(H,11,12);;/q;;;2*+3/p-6/b3*6-5-;;. The third-order valence-electron chi connectivity index (χ3n) is 4.69. The molecule has 0 fully saturated rings. The maximum absolute atomic E-state index is 10.4. The molecule has 0 radical (unpaired) electrons. The number of carboxylic acids is 6. The predicted octanol–water partition coefficient (Wildman–Crippen LogP) is -4.95. The quantitative estimate of drug-likeness (QED) is 0.160. The van der Waals surface area contributed by atoms with Gasteiger partial charge in [-0.05, 0) is 72.0 Å². The number of hydrogen-bond donors (Lipinski definition) is 0. The van der Waals surface area contributed by atoms with E-state index in [0.29, 0.717) is 0 Å². The van der Waals surface area contributed by atoms with E-state index in [0.717, 1.165) is 0 Å². The van der Waals surface area contributed by atoms with E-state index in [1.54, 1.807) is 41.5 Å². The molecule has 38 heavy (non-hydrogen) atoms. The maximum Gasteiger partial charge on any atom is 3.00 e. The van der Waals surface area contributed by atoms with E-state index >= 15 is 0 Å². The van der Waals surface area contributed by atoms with Crippen LogP contribution in [0.25, 0.3) is 0 Å². The van der Waals surface area contributed by atoms with E-state index in [4.69, 9.17) is 0 Å². The molecule has 0 aliphatic carbocycles. The molecule has 0 heterocycles. The fourth-order valence-electron chi connectivity index (χ4n) is 2.89. The van der Waals surface area contributed by atoms with Crippen LogP contribution in [0.5, 0.6) is 0 Å². The van der Waals surface area contributed by atoms with Gasteiger partial charge >= 0.3 is 34.7 Å². The van der Waals surface area contributed by atoms with Crippen molar-refractivity contribution < 1.29 is 59.4 Å². The minimum atomic E-state index is -1.43. The molecule has 0 spiro atoms. The Hall–Kier alpha value is -2.90. The fourth-order valence-corrected chi connectivity index (χ4v) is 2.89. The Kier molecular flexibility index (Phi) is 29.0. The first-order chi connectivity index (χ1) is 16.6. The van der Waals surface area contributed by atoms with Crippen LogP contribution in [-0.4, -0.2) is 70.5 Å². The number of aliphatic carboxylic acids is 6. The van der Waals surface area contributed by atoms with Gasteiger partial charge in [0.2, 0.25) is 0 Å². The van der Waals surface area contributed by atoms with Gasteiger partial charge in [-0.25, -0.2) is 0 Å². The van der Waals surface area contributed by atoms with E-state index in [1.807, 2.05) is 0 Å². The Labute approximate surface area is 243 Å². The van der Waals surface area contributed by atoms with Gasteiger partial charge in [-0.2, -0.15) is 0 Å². The molecule has 0 aliphatic heterocycles. The summed E-state index contributed by atoms with van der Waals surface area (Å²) in [7, 11) is 0. The summed E-state index contributed by atoms with van der Waals surface area (Å²) in [5.74, 6) is -8.59. The van der Waals surface area contributed by atoms with Gasteiger partial charge in [0.25, 0.3) is 0 Å². The van der Waals surface area contributed by atoms with Crippen LogP contribution in [0.2, 0.25) is 0 Å². The second kappa shape index (κ2) is 24.4. The van der Waals surface area contributed by atoms with Crippen LogP contribution in [0.15, 0.2) is 33.4 Å². The predicted molar refractivity (Wildman–Crippen MR) is 124 cm³/mol. The van der Waals surface area contributed by atoms with Crippen molar-refractivity contribution in [2.75, 3.05) is 0 Å². The average molecular weight is 564 g/mol. The van der Waals surface area contributed by atoms with E-state index in [1.165, 1.54) is 0 Å². The van der Waals surface area contributed by atoms with Crippen LogP contribution < -0.4 is 30.6 Å². The molecule has 0 aromatic rings. The van der Waals surface area contributed by atoms with Gasteiger partial charge in [-0.3, -0.25) is 0 Å². The van der Waals surface area contributed by atoms with Crippen LogP contribution in [0.1, 0.15) is 80.1 Å². The van der Waals surface area contributed by atoms with Gasteiger partial charge in [0.05, 0.1) is 35.8 Å². The second-order valence-corrected chi connectivity index (χ2v) is 6.72. The molecule has 0 atom stereocenters. The van der Waals surface area contributed by atoms with E-state index in [9.17, 15) is 59.4 Å². The number of carbonyl (C=O) groups excluding carboxylic acids is 6. The third kappa shape index (κ3) is 16.8.